The van der Waals surface area contributed by atoms with Gasteiger partial charge in [-0.05, 0) is 106 Å². The van der Waals surface area contributed by atoms with Gasteiger partial charge in [0.2, 0.25) is 0 Å². The largest absolute Gasteiger partial charge is 0.466 e. The number of amides is 2. The molecule has 2 rings (SSSR count). The molecular formula is C27H48N2O8. The van der Waals surface area contributed by atoms with Crippen molar-refractivity contribution in [3.8, 4) is 0 Å². The lowest BCUT2D eigenvalue weighted by molar-refractivity contribution is -0.330. The Morgan fingerprint density at radius 3 is 1.97 bits per heavy atom. The van der Waals surface area contributed by atoms with Gasteiger partial charge in [0.05, 0.1) is 25.2 Å². The van der Waals surface area contributed by atoms with Crippen molar-refractivity contribution in [2.75, 3.05) is 13.2 Å². The van der Waals surface area contributed by atoms with Crippen molar-refractivity contribution in [3.05, 3.63) is 0 Å². The van der Waals surface area contributed by atoms with Crippen molar-refractivity contribution in [2.24, 2.45) is 11.8 Å². The Hall–Kier alpha value is -2.07. The fourth-order valence-corrected chi connectivity index (χ4v) is 4.82. The summed E-state index contributed by atoms with van der Waals surface area (Å²) in [6, 6.07) is -0.301. The van der Waals surface area contributed by atoms with Crippen LogP contribution in [0.3, 0.4) is 0 Å². The number of carbonyl (C=O) groups is 3. The Kier molecular flexibility index (Phi) is 11.9. The number of nitrogens with one attached hydrogen (secondary N) is 2. The first-order chi connectivity index (χ1) is 17.3. The third-order valence-corrected chi connectivity index (χ3v) is 6.49. The molecule has 0 aromatic rings. The van der Waals surface area contributed by atoms with Gasteiger partial charge in [-0.2, -0.15) is 0 Å². The summed E-state index contributed by atoms with van der Waals surface area (Å²) >= 11 is 0. The van der Waals surface area contributed by atoms with Crippen molar-refractivity contribution in [3.63, 3.8) is 0 Å². The van der Waals surface area contributed by atoms with Gasteiger partial charge in [0.1, 0.15) is 11.2 Å². The maximum atomic E-state index is 12.5. The second-order valence-electron chi connectivity index (χ2n) is 12.1. The molecule has 2 aliphatic carbocycles. The van der Waals surface area contributed by atoms with E-state index in [4.69, 9.17) is 24.0 Å². The van der Waals surface area contributed by atoms with Crippen LogP contribution in [0.5, 0.6) is 0 Å². The maximum absolute atomic E-state index is 12.5. The summed E-state index contributed by atoms with van der Waals surface area (Å²) < 4.78 is 16.0. The van der Waals surface area contributed by atoms with Crippen molar-refractivity contribution in [1.29, 1.82) is 0 Å². The van der Waals surface area contributed by atoms with E-state index in [1.807, 2.05) is 48.5 Å². The highest BCUT2D eigenvalue weighted by Gasteiger charge is 2.34. The van der Waals surface area contributed by atoms with Crippen LogP contribution < -0.4 is 10.6 Å². The third kappa shape index (κ3) is 12.3. The minimum atomic E-state index is -0.606. The standard InChI is InChI=1S/C27H48N2O8/c1-8-33-23(30)19-10-13-21(14-11-19)37-34-16-15-18-9-12-20(28-24(31)35-26(2,3)4)17-22(18)29-25(32)36-27(5,6)7/h18-22H,8-17H2,1-7H3,(H,28,31)(H,29,32). The molecule has 0 aromatic carbocycles. The van der Waals surface area contributed by atoms with Gasteiger partial charge in [0.25, 0.3) is 0 Å². The van der Waals surface area contributed by atoms with Gasteiger partial charge in [0.15, 0.2) is 0 Å². The molecule has 2 aliphatic rings. The highest BCUT2D eigenvalue weighted by atomic mass is 17.2. The third-order valence-electron chi connectivity index (χ3n) is 6.49. The van der Waals surface area contributed by atoms with Crippen molar-refractivity contribution in [2.45, 2.75) is 129 Å². The van der Waals surface area contributed by atoms with E-state index in [0.717, 1.165) is 38.5 Å². The van der Waals surface area contributed by atoms with E-state index in [1.54, 1.807) is 0 Å². The molecule has 0 bridgehead atoms. The molecule has 0 aromatic heterocycles. The van der Waals surface area contributed by atoms with Crippen molar-refractivity contribution < 1.29 is 38.4 Å². The molecule has 3 atom stereocenters. The smallest absolute Gasteiger partial charge is 0.407 e. The summed E-state index contributed by atoms with van der Waals surface area (Å²) in [6.45, 7) is 13.5. The summed E-state index contributed by atoms with van der Waals surface area (Å²) in [6.07, 6.45) is 4.87. The van der Waals surface area contributed by atoms with Crippen molar-refractivity contribution in [1.82, 2.24) is 10.6 Å². The van der Waals surface area contributed by atoms with Crippen LogP contribution in [0.15, 0.2) is 0 Å². The number of hydrogen-bond acceptors (Lipinski definition) is 8. The zero-order valence-electron chi connectivity index (χ0n) is 23.7. The number of ether oxygens (including phenoxy) is 3. The molecule has 10 nitrogen and oxygen atoms in total. The molecule has 214 valence electrons. The zero-order valence-corrected chi connectivity index (χ0v) is 23.7. The Bertz CT molecular complexity index is 738. The van der Waals surface area contributed by atoms with E-state index in [1.165, 1.54) is 0 Å². The summed E-state index contributed by atoms with van der Waals surface area (Å²) in [5.74, 6) is -0.0292. The lowest BCUT2D eigenvalue weighted by Gasteiger charge is -2.37. The van der Waals surface area contributed by atoms with Gasteiger partial charge in [-0.1, -0.05) is 0 Å². The van der Waals surface area contributed by atoms with Crippen molar-refractivity contribution >= 4 is 18.2 Å². The number of carbonyl (C=O) groups excluding carboxylic acids is 3. The molecule has 0 saturated heterocycles. The Labute approximate surface area is 221 Å². The van der Waals surface area contributed by atoms with E-state index < -0.39 is 23.4 Å². The van der Waals surface area contributed by atoms with Crippen LogP contribution in [0.2, 0.25) is 0 Å². The fourth-order valence-electron chi connectivity index (χ4n) is 4.82. The molecule has 2 N–H and O–H groups in total. The lowest BCUT2D eigenvalue weighted by atomic mass is 9.80. The zero-order chi connectivity index (χ0) is 27.6. The lowest BCUT2D eigenvalue weighted by Crippen LogP contribution is -2.51. The Morgan fingerprint density at radius 1 is 0.811 bits per heavy atom. The molecule has 2 saturated carbocycles. The van der Waals surface area contributed by atoms with Gasteiger partial charge in [-0.25, -0.2) is 19.4 Å². The fraction of sp³-hybridized carbons (Fsp3) is 0.889. The predicted molar refractivity (Wildman–Crippen MR) is 138 cm³/mol. The SMILES string of the molecule is CCOC(=O)C1CCC(OOCCC2CCC(NC(=O)OC(C)(C)C)CC2NC(=O)OC(C)(C)C)CC1. The predicted octanol–water partition coefficient (Wildman–Crippen LogP) is 5.03. The summed E-state index contributed by atoms with van der Waals surface area (Å²) in [7, 11) is 0. The van der Waals surface area contributed by atoms with Gasteiger partial charge in [-0.3, -0.25) is 4.79 Å². The van der Waals surface area contributed by atoms with Crippen LogP contribution in [-0.4, -0.2) is 60.8 Å². The molecule has 0 aliphatic heterocycles. The van der Waals surface area contributed by atoms with E-state index in [9.17, 15) is 14.4 Å². The molecule has 3 unspecified atom stereocenters. The van der Waals surface area contributed by atoms with Crippen LogP contribution in [0.25, 0.3) is 0 Å². The van der Waals surface area contributed by atoms with E-state index in [0.29, 0.717) is 26.1 Å². The maximum Gasteiger partial charge on any atom is 0.407 e. The highest BCUT2D eigenvalue weighted by Crippen LogP contribution is 2.30. The summed E-state index contributed by atoms with van der Waals surface area (Å²) in [5, 5.41) is 5.93. The molecule has 2 fully saturated rings. The molecule has 0 heterocycles. The minimum absolute atomic E-state index is 0.0323. The minimum Gasteiger partial charge on any atom is -0.466 e. The van der Waals surface area contributed by atoms with Gasteiger partial charge in [-0.15, -0.1) is 0 Å². The monoisotopic (exact) mass is 528 g/mol. The Balaban J connectivity index is 1.82. The first-order valence-corrected chi connectivity index (χ1v) is 13.7. The number of rotatable bonds is 9. The molecule has 0 radical (unpaired) electrons. The van der Waals surface area contributed by atoms with E-state index >= 15 is 0 Å². The first-order valence-electron chi connectivity index (χ1n) is 13.7. The van der Waals surface area contributed by atoms with E-state index in [-0.39, 0.29) is 36.0 Å². The molecular weight excluding hydrogens is 480 g/mol. The van der Waals surface area contributed by atoms with Gasteiger partial charge < -0.3 is 24.8 Å². The second kappa shape index (κ2) is 14.2. The normalized spacial score (nSPS) is 26.6. The average molecular weight is 529 g/mol. The molecule has 37 heavy (non-hydrogen) atoms. The topological polar surface area (TPSA) is 121 Å². The second-order valence-corrected chi connectivity index (χ2v) is 12.1. The van der Waals surface area contributed by atoms with Crippen LogP contribution in [0, 0.1) is 11.8 Å². The average Bonchev–Trinajstić information content (AvgIpc) is 2.76. The van der Waals surface area contributed by atoms with Gasteiger partial charge >= 0.3 is 18.2 Å². The quantitative estimate of drug-likeness (QED) is 0.140. The van der Waals surface area contributed by atoms with Crippen LogP contribution in [-0.2, 0) is 28.8 Å². The summed E-state index contributed by atoms with van der Waals surface area (Å²) in [4.78, 5) is 47.9. The molecule has 10 heteroatoms. The van der Waals surface area contributed by atoms with Crippen LogP contribution in [0.4, 0.5) is 9.59 Å². The van der Waals surface area contributed by atoms with Gasteiger partial charge in [0, 0.05) is 12.1 Å². The summed E-state index contributed by atoms with van der Waals surface area (Å²) in [5.41, 5.74) is -1.18. The highest BCUT2D eigenvalue weighted by molar-refractivity contribution is 5.72. The first kappa shape index (κ1) is 31.1. The number of esters is 1. The van der Waals surface area contributed by atoms with E-state index in [2.05, 4.69) is 10.6 Å². The Morgan fingerprint density at radius 2 is 1.41 bits per heavy atom. The number of hydrogen-bond donors (Lipinski definition) is 2. The molecule has 2 amide bonds. The molecule has 0 spiro atoms. The number of alkyl carbamates (subject to hydrolysis) is 2. The van der Waals surface area contributed by atoms with Crippen LogP contribution in [0.1, 0.15) is 99.8 Å². The van der Waals surface area contributed by atoms with Crippen LogP contribution >= 0.6 is 0 Å².